The molecule has 0 aliphatic carbocycles. The number of hydrogen-bond donors (Lipinski definition) is 0. The average molecular weight is 1110 g/mol. The van der Waals surface area contributed by atoms with E-state index in [1.807, 2.05) is 0 Å². The van der Waals surface area contributed by atoms with Gasteiger partial charge in [-0.2, -0.15) is 0 Å². The minimum atomic E-state index is -0.0506. The molecule has 0 bridgehead atoms. The summed E-state index contributed by atoms with van der Waals surface area (Å²) in [6.07, 6.45) is 7.20. The van der Waals surface area contributed by atoms with E-state index in [9.17, 15) is 0 Å². The fourth-order valence-electron chi connectivity index (χ4n) is 12.2. The van der Waals surface area contributed by atoms with Crippen molar-refractivity contribution in [3.63, 3.8) is 0 Å². The number of furan rings is 4. The summed E-state index contributed by atoms with van der Waals surface area (Å²) in [5.41, 5.74) is 16.6. The lowest BCUT2D eigenvalue weighted by atomic mass is 9.86. The molecule has 8 heteroatoms. The highest BCUT2D eigenvalue weighted by Crippen LogP contribution is 2.56. The molecule has 12 rings (SSSR count). The highest BCUT2D eigenvalue weighted by atomic mass is 16.3. The zero-order valence-electron chi connectivity index (χ0n) is 51.7. The summed E-state index contributed by atoms with van der Waals surface area (Å²) >= 11 is 0. The highest BCUT2D eigenvalue weighted by Gasteiger charge is 2.32. The zero-order valence-corrected chi connectivity index (χ0v) is 51.7. The van der Waals surface area contributed by atoms with Gasteiger partial charge in [-0.05, 0) is 132 Å². The second-order valence-electron chi connectivity index (χ2n) is 26.9. The van der Waals surface area contributed by atoms with Crippen LogP contribution >= 0.6 is 0 Å². The van der Waals surface area contributed by atoms with Crippen LogP contribution in [0.3, 0.4) is 0 Å². The van der Waals surface area contributed by atoms with Gasteiger partial charge in [-0.25, -0.2) is 0 Å². The Balaban J connectivity index is 1.27. The van der Waals surface area contributed by atoms with Gasteiger partial charge in [0.25, 0.3) is 0 Å². The van der Waals surface area contributed by atoms with Gasteiger partial charge in [0.1, 0.15) is 23.0 Å². The van der Waals surface area contributed by atoms with Crippen molar-refractivity contribution in [1.82, 2.24) is 0 Å². The molecule has 0 saturated carbocycles. The van der Waals surface area contributed by atoms with Gasteiger partial charge in [0, 0.05) is 79.3 Å². The van der Waals surface area contributed by atoms with Gasteiger partial charge in [-0.1, -0.05) is 156 Å². The van der Waals surface area contributed by atoms with E-state index in [0.717, 1.165) is 124 Å². The van der Waals surface area contributed by atoms with Gasteiger partial charge >= 0.3 is 0 Å². The normalized spacial score (nSPS) is 12.5. The second kappa shape index (κ2) is 20.5. The fraction of sp³-hybridized carbons (Fsp3) is 0.263. The molecule has 0 saturated heterocycles. The van der Waals surface area contributed by atoms with E-state index in [2.05, 4.69) is 288 Å². The molecule has 0 aliphatic heterocycles. The van der Waals surface area contributed by atoms with Gasteiger partial charge in [0.05, 0.1) is 70.6 Å². The van der Waals surface area contributed by atoms with E-state index < -0.39 is 0 Å². The van der Waals surface area contributed by atoms with Crippen LogP contribution in [0.2, 0.25) is 0 Å². The summed E-state index contributed by atoms with van der Waals surface area (Å²) < 4.78 is 25.1. The summed E-state index contributed by atoms with van der Waals surface area (Å²) in [6, 6.07) is 58.8. The van der Waals surface area contributed by atoms with Gasteiger partial charge in [-0.3, -0.25) is 0 Å². The maximum Gasteiger partial charge on any atom is 0.124 e. The number of benzene rings is 8. The van der Waals surface area contributed by atoms with Crippen LogP contribution < -0.4 is 19.6 Å². The van der Waals surface area contributed by atoms with Crippen molar-refractivity contribution >= 4 is 101 Å². The van der Waals surface area contributed by atoms with Crippen LogP contribution in [0.4, 0.5) is 68.2 Å². The summed E-state index contributed by atoms with van der Waals surface area (Å²) in [6.45, 7) is 35.4. The minimum Gasteiger partial charge on any atom is -0.467 e. The highest BCUT2D eigenvalue weighted by molar-refractivity contribution is 6.33. The molecule has 0 unspecified atom stereocenters. The lowest BCUT2D eigenvalue weighted by Gasteiger charge is -2.34. The maximum absolute atomic E-state index is 6.27. The molecule has 4 aromatic heterocycles. The van der Waals surface area contributed by atoms with Crippen molar-refractivity contribution < 1.29 is 17.7 Å². The molecule has 84 heavy (non-hydrogen) atoms. The number of aryl methyl sites for hydroxylation is 4. The van der Waals surface area contributed by atoms with Crippen molar-refractivity contribution in [1.29, 1.82) is 0 Å². The Hall–Kier alpha value is -8.88. The van der Waals surface area contributed by atoms with E-state index in [1.54, 1.807) is 25.1 Å². The van der Waals surface area contributed by atoms with Crippen LogP contribution in [-0.4, -0.2) is 0 Å². The van der Waals surface area contributed by atoms with Crippen LogP contribution in [0.25, 0.3) is 32.3 Å². The van der Waals surface area contributed by atoms with Crippen LogP contribution in [0.1, 0.15) is 128 Å². The topological polar surface area (TPSA) is 65.5 Å². The average Bonchev–Trinajstić information content (AvgIpc) is 0.929. The predicted octanol–water partition coefficient (Wildman–Crippen LogP) is 23.3. The zero-order chi connectivity index (χ0) is 59.4. The molecule has 0 atom stereocenters. The predicted molar refractivity (Wildman–Crippen MR) is 352 cm³/mol. The first kappa shape index (κ1) is 55.6. The number of rotatable bonds is 12. The SMILES string of the molecule is Cc1occc1N(c1ccc(C(C)(C)C)cc1)c1cc(N(c2ccc(C(C)(C)C)cc2)c2ccoc2C)c2ccc3c(N(c4ccc(C(C)(C)C)cc4)c4ccoc4C)cc(N(c4ccc(C(C)(C)C)cc4)c4ccoc4C)c4ccc1c2c43. The fourth-order valence-corrected chi connectivity index (χ4v) is 12.2. The molecule has 426 valence electrons. The first-order chi connectivity index (χ1) is 39.9. The third-order valence-corrected chi connectivity index (χ3v) is 17.0. The smallest absolute Gasteiger partial charge is 0.124 e. The van der Waals surface area contributed by atoms with Crippen molar-refractivity contribution in [2.75, 3.05) is 19.6 Å². The molecule has 12 aromatic rings. The number of anilines is 12. The largest absolute Gasteiger partial charge is 0.467 e. The third kappa shape index (κ3) is 9.79. The monoisotopic (exact) mass is 1110 g/mol. The maximum atomic E-state index is 6.27. The van der Waals surface area contributed by atoms with E-state index in [1.165, 1.54) is 22.3 Å². The number of nitrogens with zero attached hydrogens (tertiary/aromatic N) is 4. The Bertz CT molecular complexity index is 3780. The molecule has 8 nitrogen and oxygen atoms in total. The van der Waals surface area contributed by atoms with Gasteiger partial charge in [0.15, 0.2) is 0 Å². The van der Waals surface area contributed by atoms with Gasteiger partial charge in [-0.15, -0.1) is 0 Å². The van der Waals surface area contributed by atoms with Crippen molar-refractivity contribution in [2.45, 2.75) is 132 Å². The first-order valence-corrected chi connectivity index (χ1v) is 29.4. The quantitative estimate of drug-likeness (QED) is 0.112. The van der Waals surface area contributed by atoms with Crippen LogP contribution in [0.15, 0.2) is 200 Å². The molecular weight excluding hydrogens is 1030 g/mol. The Labute approximate surface area is 495 Å². The Morgan fingerprint density at radius 1 is 0.238 bits per heavy atom. The lowest BCUT2D eigenvalue weighted by Crippen LogP contribution is -2.17. The molecule has 0 amide bonds. The van der Waals surface area contributed by atoms with Gasteiger partial charge < -0.3 is 37.3 Å². The molecule has 4 heterocycles. The molecule has 0 radical (unpaired) electrons. The summed E-state index contributed by atoms with van der Waals surface area (Å²) in [5.74, 6) is 3.22. The molecular formula is C76H78N4O4. The Morgan fingerprint density at radius 3 is 0.583 bits per heavy atom. The van der Waals surface area contributed by atoms with Crippen molar-refractivity contribution in [3.05, 3.63) is 228 Å². The van der Waals surface area contributed by atoms with Crippen LogP contribution in [-0.2, 0) is 21.7 Å². The number of hydrogen-bond acceptors (Lipinski definition) is 8. The van der Waals surface area contributed by atoms with Gasteiger partial charge in [0.2, 0.25) is 0 Å². The van der Waals surface area contributed by atoms with Crippen LogP contribution in [0, 0.1) is 27.7 Å². The lowest BCUT2D eigenvalue weighted by molar-refractivity contribution is 0.534. The molecule has 0 fully saturated rings. The Kier molecular flexibility index (Phi) is 13.6. The third-order valence-electron chi connectivity index (χ3n) is 17.0. The van der Waals surface area contributed by atoms with E-state index in [4.69, 9.17) is 17.7 Å². The van der Waals surface area contributed by atoms with Crippen LogP contribution in [0.5, 0.6) is 0 Å². The molecule has 0 N–H and O–H groups in total. The molecule has 8 aromatic carbocycles. The first-order valence-electron chi connectivity index (χ1n) is 29.4. The second-order valence-corrected chi connectivity index (χ2v) is 26.9. The van der Waals surface area contributed by atoms with Crippen molar-refractivity contribution in [2.24, 2.45) is 0 Å². The Morgan fingerprint density at radius 2 is 0.429 bits per heavy atom. The van der Waals surface area contributed by atoms with E-state index in [-0.39, 0.29) is 21.7 Å². The molecule has 0 spiro atoms. The minimum absolute atomic E-state index is 0.0506. The summed E-state index contributed by atoms with van der Waals surface area (Å²) in [5, 5.41) is 6.50. The molecule has 0 aliphatic rings. The summed E-state index contributed by atoms with van der Waals surface area (Å²) in [4.78, 5) is 9.56. The van der Waals surface area contributed by atoms with E-state index in [0.29, 0.717) is 0 Å². The standard InChI is InChI=1S/C76H78N4O4/c1-47-63(37-41-81-47)77(55-25-17-51(18-26-55)73(5,6)7)67-45-68(78(64-38-42-82-48(64)2)56-27-19-52(20-28-56)74(8,9)10)60-35-36-62-70(80(66-40-44-84-50(66)4)58-31-23-54(24-32-58)76(14,15)16)46-69(61-34-33-59(67)71(60)72(61)62)79(65-39-43-83-49(65)3)57-29-21-53(22-30-57)75(11,12)13/h17-46H,1-16H3. The van der Waals surface area contributed by atoms with Crippen molar-refractivity contribution in [3.8, 4) is 0 Å². The van der Waals surface area contributed by atoms with E-state index >= 15 is 0 Å². The summed E-state index contributed by atoms with van der Waals surface area (Å²) in [7, 11) is 0.